The van der Waals surface area contributed by atoms with Crippen LogP contribution in [0.25, 0.3) is 10.9 Å². The zero-order valence-electron chi connectivity index (χ0n) is 15.4. The summed E-state index contributed by atoms with van der Waals surface area (Å²) >= 11 is 0. The summed E-state index contributed by atoms with van der Waals surface area (Å²) < 4.78 is 0. The fourth-order valence-corrected chi connectivity index (χ4v) is 3.03. The number of pyridine rings is 1. The molecule has 1 amide bonds. The summed E-state index contributed by atoms with van der Waals surface area (Å²) in [4.78, 5) is 25.4. The van der Waals surface area contributed by atoms with Gasteiger partial charge in [0.05, 0.1) is 11.2 Å². The average molecular weight is 369 g/mol. The van der Waals surface area contributed by atoms with Crippen LogP contribution in [-0.2, 0) is 6.42 Å². The van der Waals surface area contributed by atoms with Crippen LogP contribution in [0.5, 0.6) is 0 Å². The van der Waals surface area contributed by atoms with Crippen molar-refractivity contribution in [2.75, 3.05) is 10.6 Å². The normalized spacial score (nSPS) is 10.6. The van der Waals surface area contributed by atoms with E-state index in [1.807, 2.05) is 54.6 Å². The number of fused-ring (bicyclic) bond motifs is 1. The third-order valence-electron chi connectivity index (χ3n) is 4.44. The fourth-order valence-electron chi connectivity index (χ4n) is 3.03. The van der Waals surface area contributed by atoms with Crippen molar-refractivity contribution in [3.05, 3.63) is 84.4 Å². The monoisotopic (exact) mass is 369 g/mol. The molecule has 0 aliphatic carbocycles. The van der Waals surface area contributed by atoms with Gasteiger partial charge in [-0.1, -0.05) is 43.3 Å². The highest BCUT2D eigenvalue weighted by molar-refractivity contribution is 6.03. The van der Waals surface area contributed by atoms with Crippen LogP contribution in [0.15, 0.2) is 73.2 Å². The van der Waals surface area contributed by atoms with E-state index in [-0.39, 0.29) is 11.6 Å². The van der Waals surface area contributed by atoms with Crippen molar-refractivity contribution in [1.82, 2.24) is 15.0 Å². The number of carbonyl (C=O) groups excluding carboxylic acids is 1. The maximum absolute atomic E-state index is 12.7. The van der Waals surface area contributed by atoms with Gasteiger partial charge >= 0.3 is 0 Å². The number of benzene rings is 2. The Morgan fingerprint density at radius 3 is 2.64 bits per heavy atom. The van der Waals surface area contributed by atoms with Gasteiger partial charge in [-0.3, -0.25) is 9.78 Å². The molecular formula is C22H19N5O. The first-order chi connectivity index (χ1) is 13.7. The fraction of sp³-hybridized carbons (Fsp3) is 0.0909. The molecular weight excluding hydrogens is 350 g/mol. The number of amides is 1. The van der Waals surface area contributed by atoms with Gasteiger partial charge in [-0.2, -0.15) is 0 Å². The quantitative estimate of drug-likeness (QED) is 0.538. The number of rotatable bonds is 5. The van der Waals surface area contributed by atoms with Crippen molar-refractivity contribution in [2.45, 2.75) is 13.3 Å². The molecule has 2 aromatic heterocycles. The number of hydrogen-bond acceptors (Lipinski definition) is 5. The summed E-state index contributed by atoms with van der Waals surface area (Å²) in [6, 6.07) is 19.1. The van der Waals surface area contributed by atoms with Crippen LogP contribution >= 0.6 is 0 Å². The van der Waals surface area contributed by atoms with Crippen LogP contribution in [0.1, 0.15) is 23.0 Å². The maximum atomic E-state index is 12.7. The number of para-hydroxylation sites is 2. The van der Waals surface area contributed by atoms with Gasteiger partial charge in [0.25, 0.3) is 5.91 Å². The average Bonchev–Trinajstić information content (AvgIpc) is 2.74. The van der Waals surface area contributed by atoms with Crippen LogP contribution in [0.4, 0.5) is 17.2 Å². The van der Waals surface area contributed by atoms with Gasteiger partial charge in [0.15, 0.2) is 0 Å². The molecule has 6 heteroatoms. The molecule has 0 unspecified atom stereocenters. The second-order valence-electron chi connectivity index (χ2n) is 6.26. The smallest absolute Gasteiger partial charge is 0.274 e. The van der Waals surface area contributed by atoms with Gasteiger partial charge < -0.3 is 10.6 Å². The molecule has 0 saturated carbocycles. The van der Waals surface area contributed by atoms with E-state index in [1.165, 1.54) is 6.33 Å². The van der Waals surface area contributed by atoms with E-state index in [9.17, 15) is 4.79 Å². The zero-order valence-corrected chi connectivity index (χ0v) is 15.4. The lowest BCUT2D eigenvalue weighted by molar-refractivity contribution is 0.102. The Morgan fingerprint density at radius 1 is 0.929 bits per heavy atom. The maximum Gasteiger partial charge on any atom is 0.274 e. The molecule has 6 nitrogen and oxygen atoms in total. The highest BCUT2D eigenvalue weighted by atomic mass is 16.1. The highest BCUT2D eigenvalue weighted by Crippen LogP contribution is 2.24. The minimum atomic E-state index is -0.276. The molecule has 0 fully saturated rings. The van der Waals surface area contributed by atoms with Crippen LogP contribution in [0.3, 0.4) is 0 Å². The molecule has 28 heavy (non-hydrogen) atoms. The first-order valence-electron chi connectivity index (χ1n) is 9.06. The third-order valence-corrected chi connectivity index (χ3v) is 4.44. The van der Waals surface area contributed by atoms with E-state index in [1.54, 1.807) is 12.3 Å². The van der Waals surface area contributed by atoms with Crippen LogP contribution in [0.2, 0.25) is 0 Å². The van der Waals surface area contributed by atoms with E-state index in [2.05, 4.69) is 32.5 Å². The van der Waals surface area contributed by atoms with Crippen molar-refractivity contribution >= 4 is 34.0 Å². The Bertz CT molecular complexity index is 1140. The number of carbonyl (C=O) groups is 1. The first-order valence-corrected chi connectivity index (χ1v) is 9.06. The highest BCUT2D eigenvalue weighted by Gasteiger charge is 2.12. The van der Waals surface area contributed by atoms with Crippen LogP contribution in [0, 0.1) is 0 Å². The molecule has 4 rings (SSSR count). The number of nitrogens with zero attached hydrogens (tertiary/aromatic N) is 3. The molecule has 0 aliphatic heterocycles. The summed E-state index contributed by atoms with van der Waals surface area (Å²) in [6.07, 6.45) is 3.96. The molecule has 0 spiro atoms. The largest absolute Gasteiger partial charge is 0.338 e. The van der Waals surface area contributed by atoms with E-state index >= 15 is 0 Å². The molecule has 2 heterocycles. The van der Waals surface area contributed by atoms with E-state index in [4.69, 9.17) is 0 Å². The molecule has 2 N–H and O–H groups in total. The number of aryl methyl sites for hydroxylation is 1. The number of hydrogen-bond donors (Lipinski definition) is 2. The van der Waals surface area contributed by atoms with Gasteiger partial charge in [0.2, 0.25) is 0 Å². The van der Waals surface area contributed by atoms with Gasteiger partial charge in [0, 0.05) is 23.3 Å². The predicted octanol–water partition coefficient (Wildman–Crippen LogP) is 4.58. The van der Waals surface area contributed by atoms with Gasteiger partial charge in [0.1, 0.15) is 17.8 Å². The molecule has 138 valence electrons. The molecule has 0 aliphatic rings. The van der Waals surface area contributed by atoms with Crippen molar-refractivity contribution in [1.29, 1.82) is 0 Å². The Hall–Kier alpha value is -3.80. The van der Waals surface area contributed by atoms with Crippen molar-refractivity contribution in [2.24, 2.45) is 0 Å². The van der Waals surface area contributed by atoms with Crippen molar-refractivity contribution in [3.63, 3.8) is 0 Å². The molecule has 0 bridgehead atoms. The van der Waals surface area contributed by atoms with Crippen LogP contribution in [-0.4, -0.2) is 20.9 Å². The topological polar surface area (TPSA) is 79.8 Å². The van der Waals surface area contributed by atoms with Gasteiger partial charge in [-0.15, -0.1) is 0 Å². The summed E-state index contributed by atoms with van der Waals surface area (Å²) in [6.45, 7) is 2.05. The minimum absolute atomic E-state index is 0.276. The Morgan fingerprint density at radius 2 is 1.75 bits per heavy atom. The van der Waals surface area contributed by atoms with E-state index in [0.717, 1.165) is 34.3 Å². The summed E-state index contributed by atoms with van der Waals surface area (Å²) in [7, 11) is 0. The molecule has 2 aromatic carbocycles. The van der Waals surface area contributed by atoms with Gasteiger partial charge in [-0.05, 0) is 30.2 Å². The summed E-state index contributed by atoms with van der Waals surface area (Å²) in [5.41, 5.74) is 3.81. The molecule has 0 radical (unpaired) electrons. The minimum Gasteiger partial charge on any atom is -0.338 e. The Kier molecular flexibility index (Phi) is 4.93. The summed E-state index contributed by atoms with van der Waals surface area (Å²) in [5.74, 6) is 0.254. The second kappa shape index (κ2) is 7.84. The third kappa shape index (κ3) is 3.66. The van der Waals surface area contributed by atoms with Crippen molar-refractivity contribution < 1.29 is 4.79 Å². The van der Waals surface area contributed by atoms with E-state index < -0.39 is 0 Å². The number of nitrogens with one attached hydrogen (secondary N) is 2. The lowest BCUT2D eigenvalue weighted by Gasteiger charge is -2.11. The standard InChI is InChI=1S/C22H19N5O/c1-2-15-7-3-4-10-17(15)27-22(28)19-13-20(25-14-24-19)26-18-11-5-8-16-9-6-12-23-21(16)18/h3-14H,2H2,1H3,(H,27,28)(H,24,25,26). The lowest BCUT2D eigenvalue weighted by Crippen LogP contribution is -2.15. The Balaban J connectivity index is 1.58. The SMILES string of the molecule is CCc1ccccc1NC(=O)c1cc(Nc2cccc3cccnc23)ncn1. The Labute approximate surface area is 162 Å². The molecule has 0 atom stereocenters. The van der Waals surface area contributed by atoms with Crippen molar-refractivity contribution in [3.8, 4) is 0 Å². The van der Waals surface area contributed by atoms with E-state index in [0.29, 0.717) is 5.82 Å². The molecule has 0 saturated heterocycles. The second-order valence-corrected chi connectivity index (χ2v) is 6.26. The number of aromatic nitrogens is 3. The predicted molar refractivity (Wildman–Crippen MR) is 111 cm³/mol. The molecule has 4 aromatic rings. The first kappa shape index (κ1) is 17.6. The van der Waals surface area contributed by atoms with Gasteiger partial charge in [-0.25, -0.2) is 9.97 Å². The summed E-state index contributed by atoms with van der Waals surface area (Å²) in [5, 5.41) is 7.19. The zero-order chi connectivity index (χ0) is 19.3. The number of anilines is 3. The lowest BCUT2D eigenvalue weighted by atomic mass is 10.1. The van der Waals surface area contributed by atoms with Crippen LogP contribution < -0.4 is 10.6 Å².